The topological polar surface area (TPSA) is 12.0 Å². The van der Waals surface area contributed by atoms with Crippen LogP contribution in [-0.2, 0) is 0 Å². The van der Waals surface area contributed by atoms with Crippen molar-refractivity contribution in [2.24, 2.45) is 0 Å². The van der Waals surface area contributed by atoms with Crippen molar-refractivity contribution in [3.8, 4) is 0 Å². The summed E-state index contributed by atoms with van der Waals surface area (Å²) in [5.74, 6) is -0.230. The van der Waals surface area contributed by atoms with Crippen molar-refractivity contribution in [2.45, 2.75) is 19.9 Å². The Morgan fingerprint density at radius 1 is 1.21 bits per heavy atom. The lowest BCUT2D eigenvalue weighted by Crippen LogP contribution is -2.09. The highest BCUT2D eigenvalue weighted by Crippen LogP contribution is 2.29. The van der Waals surface area contributed by atoms with Crippen LogP contribution in [0.15, 0.2) is 40.9 Å². The fraction of sp³-hybridized carbons (Fsp3) is 0.200. The van der Waals surface area contributed by atoms with E-state index in [1.165, 1.54) is 6.07 Å². The lowest BCUT2D eigenvalue weighted by Gasteiger charge is -2.18. The van der Waals surface area contributed by atoms with E-state index in [4.69, 9.17) is 11.6 Å². The van der Waals surface area contributed by atoms with Gasteiger partial charge >= 0.3 is 0 Å². The molecule has 4 heteroatoms. The van der Waals surface area contributed by atoms with Crippen LogP contribution in [-0.4, -0.2) is 0 Å². The van der Waals surface area contributed by atoms with E-state index < -0.39 is 0 Å². The van der Waals surface area contributed by atoms with E-state index in [1.54, 1.807) is 12.1 Å². The third-order valence-electron chi connectivity index (χ3n) is 2.92. The first-order valence-electron chi connectivity index (χ1n) is 5.95. The molecule has 0 saturated heterocycles. The van der Waals surface area contributed by atoms with Gasteiger partial charge in [0, 0.05) is 10.0 Å². The number of aryl methyl sites for hydroxylation is 1. The molecular formula is C15H14BrClFN. The van der Waals surface area contributed by atoms with Gasteiger partial charge in [0.05, 0.1) is 16.8 Å². The van der Waals surface area contributed by atoms with Gasteiger partial charge in [0.1, 0.15) is 5.82 Å². The van der Waals surface area contributed by atoms with Gasteiger partial charge in [-0.15, -0.1) is 0 Å². The molecule has 1 nitrogen and oxygen atoms in total. The van der Waals surface area contributed by atoms with Crippen molar-refractivity contribution < 1.29 is 4.39 Å². The van der Waals surface area contributed by atoms with Gasteiger partial charge in [0.25, 0.3) is 0 Å². The molecule has 0 aromatic heterocycles. The van der Waals surface area contributed by atoms with E-state index in [0.29, 0.717) is 10.6 Å². The molecule has 2 aromatic rings. The quantitative estimate of drug-likeness (QED) is 0.752. The SMILES string of the molecule is Cc1ccc(NC(C)c2cc(Br)ccc2F)c(Cl)c1. The second-order valence-electron chi connectivity index (χ2n) is 4.52. The lowest BCUT2D eigenvalue weighted by molar-refractivity contribution is 0.600. The Labute approximate surface area is 125 Å². The van der Waals surface area contributed by atoms with Gasteiger partial charge in [-0.25, -0.2) is 4.39 Å². The minimum Gasteiger partial charge on any atom is -0.377 e. The molecule has 0 bridgehead atoms. The van der Waals surface area contributed by atoms with Crippen molar-refractivity contribution in [1.82, 2.24) is 0 Å². The highest BCUT2D eigenvalue weighted by molar-refractivity contribution is 9.10. The summed E-state index contributed by atoms with van der Waals surface area (Å²) in [4.78, 5) is 0. The summed E-state index contributed by atoms with van der Waals surface area (Å²) < 4.78 is 14.6. The summed E-state index contributed by atoms with van der Waals surface area (Å²) in [6, 6.07) is 10.5. The largest absolute Gasteiger partial charge is 0.377 e. The van der Waals surface area contributed by atoms with Crippen LogP contribution in [0.3, 0.4) is 0 Å². The molecule has 2 aromatic carbocycles. The Morgan fingerprint density at radius 3 is 2.63 bits per heavy atom. The first-order chi connectivity index (χ1) is 8.97. The minimum absolute atomic E-state index is 0.169. The van der Waals surface area contributed by atoms with E-state index in [0.717, 1.165) is 15.7 Å². The Bertz CT molecular complexity index is 601. The average Bonchev–Trinajstić information content (AvgIpc) is 2.35. The average molecular weight is 343 g/mol. The second-order valence-corrected chi connectivity index (χ2v) is 5.84. The van der Waals surface area contributed by atoms with Gasteiger partial charge < -0.3 is 5.32 Å². The number of hydrogen-bond acceptors (Lipinski definition) is 1. The molecule has 0 aliphatic heterocycles. The van der Waals surface area contributed by atoms with Crippen LogP contribution in [0.1, 0.15) is 24.1 Å². The standard InChI is InChI=1S/C15H14BrClFN/c1-9-3-6-15(13(17)7-9)19-10(2)12-8-11(16)4-5-14(12)18/h3-8,10,19H,1-2H3. The molecule has 2 rings (SSSR count). The monoisotopic (exact) mass is 341 g/mol. The Kier molecular flexibility index (Phi) is 4.48. The zero-order valence-electron chi connectivity index (χ0n) is 10.7. The van der Waals surface area contributed by atoms with Crippen LogP contribution in [0.25, 0.3) is 0 Å². The smallest absolute Gasteiger partial charge is 0.128 e. The zero-order chi connectivity index (χ0) is 14.0. The molecule has 19 heavy (non-hydrogen) atoms. The van der Waals surface area contributed by atoms with E-state index >= 15 is 0 Å². The van der Waals surface area contributed by atoms with E-state index in [-0.39, 0.29) is 11.9 Å². The maximum absolute atomic E-state index is 13.8. The summed E-state index contributed by atoms with van der Waals surface area (Å²) in [6.07, 6.45) is 0. The van der Waals surface area contributed by atoms with Gasteiger partial charge in [-0.05, 0) is 49.7 Å². The molecule has 0 fully saturated rings. The number of rotatable bonds is 3. The number of hydrogen-bond donors (Lipinski definition) is 1. The third-order valence-corrected chi connectivity index (χ3v) is 3.73. The summed E-state index contributed by atoms with van der Waals surface area (Å²) in [6.45, 7) is 3.88. The van der Waals surface area contributed by atoms with E-state index in [1.807, 2.05) is 32.0 Å². The Morgan fingerprint density at radius 2 is 1.95 bits per heavy atom. The fourth-order valence-corrected chi connectivity index (χ4v) is 2.56. The number of benzene rings is 2. The highest BCUT2D eigenvalue weighted by Gasteiger charge is 2.12. The van der Waals surface area contributed by atoms with Crippen LogP contribution in [0, 0.1) is 12.7 Å². The summed E-state index contributed by atoms with van der Waals surface area (Å²) in [5.41, 5.74) is 2.50. The van der Waals surface area contributed by atoms with Gasteiger partial charge in [0.2, 0.25) is 0 Å². The van der Waals surface area contributed by atoms with Crippen molar-refractivity contribution >= 4 is 33.2 Å². The molecule has 0 heterocycles. The molecule has 0 amide bonds. The molecule has 1 unspecified atom stereocenters. The summed E-state index contributed by atoms with van der Waals surface area (Å²) >= 11 is 9.52. The van der Waals surface area contributed by atoms with Gasteiger partial charge in [-0.2, -0.15) is 0 Å². The fourth-order valence-electron chi connectivity index (χ4n) is 1.89. The van der Waals surface area contributed by atoms with Crippen LogP contribution < -0.4 is 5.32 Å². The molecular weight excluding hydrogens is 329 g/mol. The zero-order valence-corrected chi connectivity index (χ0v) is 13.0. The Balaban J connectivity index is 2.25. The van der Waals surface area contributed by atoms with Crippen LogP contribution in [0.4, 0.5) is 10.1 Å². The molecule has 0 spiro atoms. The molecule has 100 valence electrons. The third kappa shape index (κ3) is 3.48. The highest BCUT2D eigenvalue weighted by atomic mass is 79.9. The number of anilines is 1. The van der Waals surface area contributed by atoms with Crippen LogP contribution >= 0.6 is 27.5 Å². The molecule has 0 saturated carbocycles. The van der Waals surface area contributed by atoms with E-state index in [9.17, 15) is 4.39 Å². The lowest BCUT2D eigenvalue weighted by atomic mass is 10.1. The van der Waals surface area contributed by atoms with Crippen molar-refractivity contribution in [3.05, 3.63) is 62.8 Å². The van der Waals surface area contributed by atoms with Crippen molar-refractivity contribution in [1.29, 1.82) is 0 Å². The van der Waals surface area contributed by atoms with E-state index in [2.05, 4.69) is 21.2 Å². The molecule has 0 aliphatic carbocycles. The number of halogens is 3. The van der Waals surface area contributed by atoms with Crippen molar-refractivity contribution in [3.63, 3.8) is 0 Å². The number of nitrogens with one attached hydrogen (secondary N) is 1. The first kappa shape index (κ1) is 14.4. The molecule has 1 atom stereocenters. The molecule has 1 N–H and O–H groups in total. The maximum atomic E-state index is 13.8. The summed E-state index contributed by atoms with van der Waals surface area (Å²) in [5, 5.41) is 3.87. The maximum Gasteiger partial charge on any atom is 0.128 e. The van der Waals surface area contributed by atoms with Crippen LogP contribution in [0.5, 0.6) is 0 Å². The Hall–Kier alpha value is -1.06. The van der Waals surface area contributed by atoms with Gasteiger partial charge in [-0.1, -0.05) is 33.6 Å². The predicted molar refractivity (Wildman–Crippen MR) is 82.3 cm³/mol. The van der Waals surface area contributed by atoms with Crippen LogP contribution in [0.2, 0.25) is 5.02 Å². The molecule has 0 aliphatic rings. The first-order valence-corrected chi connectivity index (χ1v) is 7.12. The van der Waals surface area contributed by atoms with Gasteiger partial charge in [0.15, 0.2) is 0 Å². The predicted octanol–water partition coefficient (Wildman–Crippen LogP) is 5.72. The summed E-state index contributed by atoms with van der Waals surface area (Å²) in [7, 11) is 0. The van der Waals surface area contributed by atoms with Crippen molar-refractivity contribution in [2.75, 3.05) is 5.32 Å². The van der Waals surface area contributed by atoms with Gasteiger partial charge in [-0.3, -0.25) is 0 Å². The minimum atomic E-state index is -0.230. The normalized spacial score (nSPS) is 12.3. The molecule has 0 radical (unpaired) electrons. The second kappa shape index (κ2) is 5.93.